The van der Waals surface area contributed by atoms with E-state index in [2.05, 4.69) is 25.3 Å². The summed E-state index contributed by atoms with van der Waals surface area (Å²) in [4.78, 5) is 15.7. The van der Waals surface area contributed by atoms with Gasteiger partial charge >= 0.3 is 0 Å². The number of nitrogens with zero attached hydrogens (tertiary/aromatic N) is 2. The van der Waals surface area contributed by atoms with E-state index >= 15 is 0 Å². The number of carbonyl (C=O) groups excluding carboxylic acids is 1. The number of hydrogen-bond donors (Lipinski definition) is 2. The Morgan fingerprint density at radius 2 is 2.35 bits per heavy atom. The summed E-state index contributed by atoms with van der Waals surface area (Å²) in [6.45, 7) is 0.320. The molecule has 2 aromatic heterocycles. The molecule has 0 aliphatic heterocycles. The Bertz CT molecular complexity index is 496. The lowest BCUT2D eigenvalue weighted by molar-refractivity contribution is 0.0945. The van der Waals surface area contributed by atoms with Crippen LogP contribution in [0.25, 0.3) is 0 Å². The van der Waals surface area contributed by atoms with Gasteiger partial charge in [0.05, 0.1) is 6.54 Å². The quantitative estimate of drug-likeness (QED) is 0.823. The molecule has 0 aliphatic rings. The van der Waals surface area contributed by atoms with Gasteiger partial charge in [-0.25, -0.2) is 0 Å². The van der Waals surface area contributed by atoms with Crippen LogP contribution < -0.4 is 10.6 Å². The highest BCUT2D eigenvalue weighted by Gasteiger charge is 2.07. The first-order valence-corrected chi connectivity index (χ1v) is 5.11. The van der Waals surface area contributed by atoms with E-state index in [9.17, 15) is 4.79 Å². The third-order valence-electron chi connectivity index (χ3n) is 2.20. The molecule has 0 spiro atoms. The van der Waals surface area contributed by atoms with E-state index in [1.165, 1.54) is 6.26 Å². The number of amides is 1. The van der Waals surface area contributed by atoms with E-state index in [0.717, 1.165) is 5.69 Å². The minimum Gasteiger partial charge on any atom is -0.388 e. The minimum absolute atomic E-state index is 0.245. The van der Waals surface area contributed by atoms with E-state index in [4.69, 9.17) is 0 Å². The summed E-state index contributed by atoms with van der Waals surface area (Å²) in [6.07, 6.45) is 3.04. The summed E-state index contributed by atoms with van der Waals surface area (Å²) in [6, 6.07) is 5.16. The predicted octanol–water partition coefficient (Wildman–Crippen LogP) is 1.04. The number of hydrogen-bond acceptors (Lipinski definition) is 5. The largest absolute Gasteiger partial charge is 0.388 e. The molecule has 88 valence electrons. The lowest BCUT2D eigenvalue weighted by Gasteiger charge is -2.04. The summed E-state index contributed by atoms with van der Waals surface area (Å²) in [7, 11) is 1.78. The Balaban J connectivity index is 1.99. The molecule has 0 atom stereocenters. The Hall–Kier alpha value is -2.37. The zero-order valence-corrected chi connectivity index (χ0v) is 9.30. The second-order valence-corrected chi connectivity index (χ2v) is 3.35. The standard InChI is InChI=1S/C11H12N4O2/c1-12-8-2-4-13-10(6-8)11(16)14-7-9-3-5-17-15-9/h2-6H,7H2,1H3,(H,12,13)(H,14,16). The van der Waals surface area contributed by atoms with Crippen LogP contribution in [0, 0.1) is 0 Å². The zero-order chi connectivity index (χ0) is 12.1. The van der Waals surface area contributed by atoms with Crippen molar-refractivity contribution >= 4 is 11.6 Å². The van der Waals surface area contributed by atoms with Gasteiger partial charge in [-0.05, 0) is 12.1 Å². The normalized spacial score (nSPS) is 9.94. The first kappa shape index (κ1) is 11.1. The van der Waals surface area contributed by atoms with Gasteiger partial charge in [0.15, 0.2) is 0 Å². The van der Waals surface area contributed by atoms with Crippen molar-refractivity contribution in [1.82, 2.24) is 15.5 Å². The monoisotopic (exact) mass is 232 g/mol. The fraction of sp³-hybridized carbons (Fsp3) is 0.182. The van der Waals surface area contributed by atoms with Crippen molar-refractivity contribution in [3.63, 3.8) is 0 Å². The van der Waals surface area contributed by atoms with Crippen LogP contribution in [0.1, 0.15) is 16.2 Å². The molecule has 6 heteroatoms. The van der Waals surface area contributed by atoms with Crippen molar-refractivity contribution in [2.24, 2.45) is 0 Å². The van der Waals surface area contributed by atoms with Gasteiger partial charge in [0, 0.05) is 25.0 Å². The van der Waals surface area contributed by atoms with Crippen LogP contribution in [-0.2, 0) is 6.54 Å². The molecular formula is C11H12N4O2. The van der Waals surface area contributed by atoms with Crippen LogP contribution in [-0.4, -0.2) is 23.1 Å². The van der Waals surface area contributed by atoms with Crippen molar-refractivity contribution in [2.45, 2.75) is 6.54 Å². The van der Waals surface area contributed by atoms with Gasteiger partial charge in [-0.1, -0.05) is 5.16 Å². The molecular weight excluding hydrogens is 220 g/mol. The van der Waals surface area contributed by atoms with Crippen molar-refractivity contribution in [2.75, 3.05) is 12.4 Å². The molecule has 6 nitrogen and oxygen atoms in total. The van der Waals surface area contributed by atoms with Crippen molar-refractivity contribution in [3.8, 4) is 0 Å². The molecule has 0 radical (unpaired) electrons. The van der Waals surface area contributed by atoms with Gasteiger partial charge in [-0.3, -0.25) is 9.78 Å². The van der Waals surface area contributed by atoms with E-state index in [1.54, 1.807) is 31.4 Å². The lowest BCUT2D eigenvalue weighted by Crippen LogP contribution is -2.23. The van der Waals surface area contributed by atoms with E-state index in [-0.39, 0.29) is 5.91 Å². The van der Waals surface area contributed by atoms with Crippen LogP contribution in [0.4, 0.5) is 5.69 Å². The first-order chi connectivity index (χ1) is 8.29. The number of pyridine rings is 1. The van der Waals surface area contributed by atoms with E-state index in [0.29, 0.717) is 17.9 Å². The van der Waals surface area contributed by atoms with Crippen molar-refractivity contribution < 1.29 is 9.32 Å². The van der Waals surface area contributed by atoms with Crippen LogP contribution in [0.2, 0.25) is 0 Å². The smallest absolute Gasteiger partial charge is 0.270 e. The molecule has 17 heavy (non-hydrogen) atoms. The van der Waals surface area contributed by atoms with Crippen LogP contribution >= 0.6 is 0 Å². The molecule has 0 saturated carbocycles. The summed E-state index contributed by atoms with van der Waals surface area (Å²) in [5, 5.41) is 9.34. The Kier molecular flexibility index (Phi) is 3.34. The molecule has 2 N–H and O–H groups in total. The number of anilines is 1. The second-order valence-electron chi connectivity index (χ2n) is 3.35. The maximum absolute atomic E-state index is 11.7. The number of carbonyl (C=O) groups is 1. The Morgan fingerprint density at radius 1 is 1.47 bits per heavy atom. The third-order valence-corrected chi connectivity index (χ3v) is 2.20. The average molecular weight is 232 g/mol. The molecule has 2 rings (SSSR count). The Morgan fingerprint density at radius 3 is 3.06 bits per heavy atom. The maximum Gasteiger partial charge on any atom is 0.270 e. The molecule has 0 bridgehead atoms. The number of rotatable bonds is 4. The summed E-state index contributed by atoms with van der Waals surface area (Å²) in [5.41, 5.74) is 1.87. The fourth-order valence-corrected chi connectivity index (χ4v) is 1.30. The maximum atomic E-state index is 11.7. The summed E-state index contributed by atoms with van der Waals surface area (Å²) in [5.74, 6) is -0.245. The van der Waals surface area contributed by atoms with Crippen molar-refractivity contribution in [3.05, 3.63) is 42.0 Å². The van der Waals surface area contributed by atoms with Crippen LogP contribution in [0.3, 0.4) is 0 Å². The van der Waals surface area contributed by atoms with Gasteiger partial charge in [0.25, 0.3) is 5.91 Å². The molecule has 1 amide bonds. The van der Waals surface area contributed by atoms with Crippen molar-refractivity contribution in [1.29, 1.82) is 0 Å². The lowest BCUT2D eigenvalue weighted by atomic mass is 10.3. The van der Waals surface area contributed by atoms with Gasteiger partial charge in [0.2, 0.25) is 0 Å². The Labute approximate surface area is 98.0 Å². The van der Waals surface area contributed by atoms with Gasteiger partial charge in [-0.15, -0.1) is 0 Å². The molecule has 0 saturated heterocycles. The second kappa shape index (κ2) is 5.11. The van der Waals surface area contributed by atoms with E-state index < -0.39 is 0 Å². The molecule has 0 aromatic carbocycles. The molecule has 0 aliphatic carbocycles. The van der Waals surface area contributed by atoms with Crippen LogP contribution in [0.5, 0.6) is 0 Å². The molecule has 2 aromatic rings. The summed E-state index contributed by atoms with van der Waals surface area (Å²) >= 11 is 0. The highest BCUT2D eigenvalue weighted by atomic mass is 16.5. The molecule has 2 heterocycles. The fourth-order valence-electron chi connectivity index (χ4n) is 1.30. The van der Waals surface area contributed by atoms with Crippen LogP contribution in [0.15, 0.2) is 35.2 Å². The summed E-state index contributed by atoms with van der Waals surface area (Å²) < 4.78 is 4.66. The number of aromatic nitrogens is 2. The molecule has 0 unspecified atom stereocenters. The minimum atomic E-state index is -0.245. The predicted molar refractivity (Wildman–Crippen MR) is 61.5 cm³/mol. The van der Waals surface area contributed by atoms with Gasteiger partial charge < -0.3 is 15.2 Å². The van der Waals surface area contributed by atoms with Gasteiger partial charge in [-0.2, -0.15) is 0 Å². The first-order valence-electron chi connectivity index (χ1n) is 5.11. The molecule has 0 fully saturated rings. The van der Waals surface area contributed by atoms with Gasteiger partial charge in [0.1, 0.15) is 17.7 Å². The number of nitrogens with one attached hydrogen (secondary N) is 2. The topological polar surface area (TPSA) is 80.0 Å². The SMILES string of the molecule is CNc1ccnc(C(=O)NCc2ccon2)c1. The zero-order valence-electron chi connectivity index (χ0n) is 9.30. The van der Waals surface area contributed by atoms with E-state index in [1.807, 2.05) is 0 Å². The highest BCUT2D eigenvalue weighted by molar-refractivity contribution is 5.92. The average Bonchev–Trinajstić information content (AvgIpc) is 2.89. The highest BCUT2D eigenvalue weighted by Crippen LogP contribution is 2.06. The third kappa shape index (κ3) is 2.81.